The van der Waals surface area contributed by atoms with Gasteiger partial charge in [-0.1, -0.05) is 6.07 Å². The highest BCUT2D eigenvalue weighted by Gasteiger charge is 2.11. The standard InChI is InChI=1S/C10H14ClNO/c1-10(2,3)13-9-5-4-8(6-11)7-12-9/h4-5,7H,6H2,1-3H3. The highest BCUT2D eigenvalue weighted by molar-refractivity contribution is 6.17. The summed E-state index contributed by atoms with van der Waals surface area (Å²) in [5.74, 6) is 1.13. The van der Waals surface area contributed by atoms with Crippen LogP contribution in [0.25, 0.3) is 0 Å². The van der Waals surface area contributed by atoms with Gasteiger partial charge in [-0.3, -0.25) is 0 Å². The van der Waals surface area contributed by atoms with Crippen LogP contribution in [0.2, 0.25) is 0 Å². The number of rotatable bonds is 2. The minimum Gasteiger partial charge on any atom is -0.472 e. The van der Waals surface area contributed by atoms with Gasteiger partial charge in [0.2, 0.25) is 5.88 Å². The average Bonchev–Trinajstić information content (AvgIpc) is 2.03. The Bertz CT molecular complexity index is 263. The Kier molecular flexibility index (Phi) is 3.15. The highest BCUT2D eigenvalue weighted by Crippen LogP contribution is 2.15. The molecule has 2 nitrogen and oxygen atoms in total. The summed E-state index contributed by atoms with van der Waals surface area (Å²) in [5, 5.41) is 0. The predicted molar refractivity (Wildman–Crippen MR) is 54.2 cm³/mol. The summed E-state index contributed by atoms with van der Waals surface area (Å²) in [6.07, 6.45) is 1.73. The van der Waals surface area contributed by atoms with E-state index >= 15 is 0 Å². The third-order valence-corrected chi connectivity index (χ3v) is 1.67. The number of alkyl halides is 1. The molecule has 0 unspecified atom stereocenters. The molecule has 0 saturated heterocycles. The fraction of sp³-hybridized carbons (Fsp3) is 0.500. The molecule has 1 aromatic heterocycles. The Morgan fingerprint density at radius 2 is 2.08 bits per heavy atom. The molecule has 1 heterocycles. The van der Waals surface area contributed by atoms with Crippen LogP contribution >= 0.6 is 11.6 Å². The third kappa shape index (κ3) is 3.64. The Morgan fingerprint density at radius 1 is 1.38 bits per heavy atom. The summed E-state index contributed by atoms with van der Waals surface area (Å²) < 4.78 is 5.55. The van der Waals surface area contributed by atoms with E-state index in [-0.39, 0.29) is 5.60 Å². The van der Waals surface area contributed by atoms with Gasteiger partial charge in [0.25, 0.3) is 0 Å². The van der Waals surface area contributed by atoms with Crippen molar-refractivity contribution in [2.24, 2.45) is 0 Å². The lowest BCUT2D eigenvalue weighted by atomic mass is 10.2. The fourth-order valence-corrected chi connectivity index (χ4v) is 1.02. The molecule has 0 radical (unpaired) electrons. The van der Waals surface area contributed by atoms with Crippen molar-refractivity contribution < 1.29 is 4.74 Å². The molecule has 0 spiro atoms. The van der Waals surface area contributed by atoms with Crippen LogP contribution in [0, 0.1) is 0 Å². The molecule has 0 N–H and O–H groups in total. The first-order chi connectivity index (χ1) is 6.01. The van der Waals surface area contributed by atoms with E-state index in [1.165, 1.54) is 0 Å². The second-order valence-corrected chi connectivity index (χ2v) is 4.12. The lowest BCUT2D eigenvalue weighted by Gasteiger charge is -2.20. The maximum absolute atomic E-state index is 5.63. The second kappa shape index (κ2) is 3.97. The van der Waals surface area contributed by atoms with E-state index < -0.39 is 0 Å². The van der Waals surface area contributed by atoms with E-state index in [4.69, 9.17) is 16.3 Å². The van der Waals surface area contributed by atoms with Crippen molar-refractivity contribution in [2.45, 2.75) is 32.3 Å². The number of pyridine rings is 1. The number of hydrogen-bond donors (Lipinski definition) is 0. The molecular weight excluding hydrogens is 186 g/mol. The maximum Gasteiger partial charge on any atom is 0.213 e. The van der Waals surface area contributed by atoms with Crippen molar-refractivity contribution in [3.8, 4) is 5.88 Å². The molecule has 0 amide bonds. The van der Waals surface area contributed by atoms with E-state index in [0.717, 1.165) is 5.56 Å². The number of aromatic nitrogens is 1. The Hall–Kier alpha value is -0.760. The van der Waals surface area contributed by atoms with E-state index in [1.54, 1.807) is 6.20 Å². The van der Waals surface area contributed by atoms with Crippen LogP contribution in [0.4, 0.5) is 0 Å². The molecule has 0 saturated carbocycles. The van der Waals surface area contributed by atoms with Gasteiger partial charge >= 0.3 is 0 Å². The van der Waals surface area contributed by atoms with Gasteiger partial charge in [0.15, 0.2) is 0 Å². The van der Waals surface area contributed by atoms with Crippen LogP contribution < -0.4 is 4.74 Å². The molecule has 0 aromatic carbocycles. The van der Waals surface area contributed by atoms with Crippen molar-refractivity contribution in [1.29, 1.82) is 0 Å². The van der Waals surface area contributed by atoms with Crippen LogP contribution in [-0.4, -0.2) is 10.6 Å². The summed E-state index contributed by atoms with van der Waals surface area (Å²) in [4.78, 5) is 4.13. The van der Waals surface area contributed by atoms with Crippen molar-refractivity contribution in [3.63, 3.8) is 0 Å². The first kappa shape index (κ1) is 10.3. The number of nitrogens with zero attached hydrogens (tertiary/aromatic N) is 1. The molecule has 0 aliphatic heterocycles. The topological polar surface area (TPSA) is 22.1 Å². The van der Waals surface area contributed by atoms with Gasteiger partial charge in [-0.25, -0.2) is 4.98 Å². The third-order valence-electron chi connectivity index (χ3n) is 1.36. The molecule has 72 valence electrons. The summed E-state index contributed by atoms with van der Waals surface area (Å²) in [6, 6.07) is 3.75. The summed E-state index contributed by atoms with van der Waals surface area (Å²) in [5.41, 5.74) is 0.804. The Morgan fingerprint density at radius 3 is 2.46 bits per heavy atom. The zero-order valence-electron chi connectivity index (χ0n) is 8.17. The largest absolute Gasteiger partial charge is 0.472 e. The molecule has 1 aromatic rings. The quantitative estimate of drug-likeness (QED) is 0.684. The van der Waals surface area contributed by atoms with E-state index in [0.29, 0.717) is 11.8 Å². The Balaban J connectivity index is 2.70. The molecule has 0 atom stereocenters. The lowest BCUT2D eigenvalue weighted by molar-refractivity contribution is 0.124. The van der Waals surface area contributed by atoms with Gasteiger partial charge in [0.1, 0.15) is 5.60 Å². The molecular formula is C10H14ClNO. The van der Waals surface area contributed by atoms with Crippen molar-refractivity contribution >= 4 is 11.6 Å². The van der Waals surface area contributed by atoms with Crippen LogP contribution in [0.1, 0.15) is 26.3 Å². The molecule has 0 aliphatic rings. The van der Waals surface area contributed by atoms with Gasteiger partial charge < -0.3 is 4.74 Å². The lowest BCUT2D eigenvalue weighted by Crippen LogP contribution is -2.23. The van der Waals surface area contributed by atoms with Gasteiger partial charge in [0, 0.05) is 18.1 Å². The minimum absolute atomic E-state index is 0.199. The van der Waals surface area contributed by atoms with Gasteiger partial charge in [0.05, 0.1) is 0 Å². The molecule has 1 rings (SSSR count). The first-order valence-electron chi connectivity index (χ1n) is 4.21. The van der Waals surface area contributed by atoms with E-state index in [2.05, 4.69) is 4.98 Å². The van der Waals surface area contributed by atoms with Crippen LogP contribution in [0.15, 0.2) is 18.3 Å². The number of ether oxygens (including phenoxy) is 1. The van der Waals surface area contributed by atoms with Crippen molar-refractivity contribution in [2.75, 3.05) is 0 Å². The van der Waals surface area contributed by atoms with Crippen LogP contribution in [-0.2, 0) is 5.88 Å². The average molecular weight is 200 g/mol. The molecule has 0 fully saturated rings. The first-order valence-corrected chi connectivity index (χ1v) is 4.74. The normalized spacial score (nSPS) is 11.4. The second-order valence-electron chi connectivity index (χ2n) is 3.85. The molecule has 3 heteroatoms. The van der Waals surface area contributed by atoms with E-state index in [9.17, 15) is 0 Å². The van der Waals surface area contributed by atoms with Gasteiger partial charge in [-0.05, 0) is 26.3 Å². The summed E-state index contributed by atoms with van der Waals surface area (Å²) in [6.45, 7) is 5.97. The SMILES string of the molecule is CC(C)(C)Oc1ccc(CCl)cn1. The number of halogens is 1. The number of hydrogen-bond acceptors (Lipinski definition) is 2. The van der Waals surface area contributed by atoms with Crippen LogP contribution in [0.5, 0.6) is 5.88 Å². The minimum atomic E-state index is -0.199. The van der Waals surface area contributed by atoms with Gasteiger partial charge in [-0.2, -0.15) is 0 Å². The van der Waals surface area contributed by atoms with E-state index in [1.807, 2.05) is 32.9 Å². The highest BCUT2D eigenvalue weighted by atomic mass is 35.5. The molecule has 0 bridgehead atoms. The summed E-state index contributed by atoms with van der Waals surface area (Å²) >= 11 is 5.63. The Labute approximate surface area is 83.9 Å². The zero-order chi connectivity index (χ0) is 9.90. The van der Waals surface area contributed by atoms with Gasteiger partial charge in [-0.15, -0.1) is 11.6 Å². The molecule has 0 aliphatic carbocycles. The van der Waals surface area contributed by atoms with Crippen molar-refractivity contribution in [3.05, 3.63) is 23.9 Å². The zero-order valence-corrected chi connectivity index (χ0v) is 8.93. The maximum atomic E-state index is 5.63. The van der Waals surface area contributed by atoms with Crippen LogP contribution in [0.3, 0.4) is 0 Å². The predicted octanol–water partition coefficient (Wildman–Crippen LogP) is 3.00. The monoisotopic (exact) mass is 199 g/mol. The fourth-order valence-electron chi connectivity index (χ4n) is 0.864. The summed E-state index contributed by atoms with van der Waals surface area (Å²) in [7, 11) is 0. The van der Waals surface area contributed by atoms with Crippen molar-refractivity contribution in [1.82, 2.24) is 4.98 Å². The molecule has 13 heavy (non-hydrogen) atoms. The smallest absolute Gasteiger partial charge is 0.213 e.